The van der Waals surface area contributed by atoms with E-state index in [1.54, 1.807) is 0 Å². The SMILES string of the molecule is O=CNCCNCCNS(=O)(=O)C1CCS(=O)(=O)C1. The molecule has 1 atom stereocenters. The zero-order valence-corrected chi connectivity index (χ0v) is 12.1. The topological polar surface area (TPSA) is 121 Å². The van der Waals surface area contributed by atoms with E-state index in [4.69, 9.17) is 0 Å². The second-order valence-electron chi connectivity index (χ2n) is 4.29. The summed E-state index contributed by atoms with van der Waals surface area (Å²) in [6, 6.07) is 0. The highest BCUT2D eigenvalue weighted by molar-refractivity contribution is 7.95. The van der Waals surface area contributed by atoms with Crippen LogP contribution in [0.3, 0.4) is 0 Å². The molecule has 1 saturated heterocycles. The fourth-order valence-corrected chi connectivity index (χ4v) is 5.83. The molecular formula is C9H19N3O5S2. The van der Waals surface area contributed by atoms with E-state index in [0.29, 0.717) is 26.0 Å². The van der Waals surface area contributed by atoms with E-state index >= 15 is 0 Å². The summed E-state index contributed by atoms with van der Waals surface area (Å²) in [6.07, 6.45) is 0.749. The number of nitrogens with one attached hydrogen (secondary N) is 3. The van der Waals surface area contributed by atoms with Crippen LogP contribution in [0.5, 0.6) is 0 Å². The lowest BCUT2D eigenvalue weighted by Gasteiger charge is -2.11. The van der Waals surface area contributed by atoms with Gasteiger partial charge < -0.3 is 10.6 Å². The van der Waals surface area contributed by atoms with Crippen LogP contribution in [0.4, 0.5) is 0 Å². The first-order valence-corrected chi connectivity index (χ1v) is 9.31. The Morgan fingerprint density at radius 1 is 1.16 bits per heavy atom. The molecule has 1 heterocycles. The maximum atomic E-state index is 11.8. The van der Waals surface area contributed by atoms with Crippen LogP contribution in [-0.2, 0) is 24.7 Å². The summed E-state index contributed by atoms with van der Waals surface area (Å²) in [4.78, 5) is 9.95. The average Bonchev–Trinajstić information content (AvgIpc) is 2.69. The molecule has 0 radical (unpaired) electrons. The van der Waals surface area contributed by atoms with E-state index in [2.05, 4.69) is 15.4 Å². The molecule has 0 bridgehead atoms. The van der Waals surface area contributed by atoms with Crippen molar-refractivity contribution in [3.63, 3.8) is 0 Å². The van der Waals surface area contributed by atoms with Crippen molar-refractivity contribution in [2.75, 3.05) is 37.7 Å². The number of carbonyl (C=O) groups excluding carboxylic acids is 1. The van der Waals surface area contributed by atoms with Gasteiger partial charge in [-0.25, -0.2) is 21.6 Å². The summed E-state index contributed by atoms with van der Waals surface area (Å²) in [6.45, 7) is 1.62. The van der Waals surface area contributed by atoms with Gasteiger partial charge in [-0.15, -0.1) is 0 Å². The highest BCUT2D eigenvalue weighted by Crippen LogP contribution is 2.17. The third-order valence-electron chi connectivity index (χ3n) is 2.76. The molecule has 0 aromatic carbocycles. The van der Waals surface area contributed by atoms with Gasteiger partial charge in [0.25, 0.3) is 0 Å². The first kappa shape index (κ1) is 16.3. The Hall–Kier alpha value is -0.710. The van der Waals surface area contributed by atoms with Gasteiger partial charge in [0.2, 0.25) is 16.4 Å². The van der Waals surface area contributed by atoms with Crippen LogP contribution in [0.1, 0.15) is 6.42 Å². The lowest BCUT2D eigenvalue weighted by Crippen LogP contribution is -2.39. The largest absolute Gasteiger partial charge is 0.357 e. The first-order chi connectivity index (χ1) is 8.87. The van der Waals surface area contributed by atoms with Crippen molar-refractivity contribution in [2.45, 2.75) is 11.7 Å². The number of hydrogen-bond donors (Lipinski definition) is 3. The molecule has 0 saturated carbocycles. The van der Waals surface area contributed by atoms with Gasteiger partial charge in [-0.2, -0.15) is 0 Å². The van der Waals surface area contributed by atoms with E-state index in [-0.39, 0.29) is 24.5 Å². The quantitative estimate of drug-likeness (QED) is 0.318. The van der Waals surface area contributed by atoms with Gasteiger partial charge in [0, 0.05) is 26.2 Å². The Morgan fingerprint density at radius 3 is 2.42 bits per heavy atom. The molecule has 0 aliphatic carbocycles. The van der Waals surface area contributed by atoms with E-state index in [1.807, 2.05) is 0 Å². The summed E-state index contributed by atoms with van der Waals surface area (Å²) in [5, 5.41) is 4.56. The molecule has 1 aliphatic rings. The molecule has 1 unspecified atom stereocenters. The minimum Gasteiger partial charge on any atom is -0.357 e. The summed E-state index contributed by atoms with van der Waals surface area (Å²) < 4.78 is 48.4. The lowest BCUT2D eigenvalue weighted by atomic mass is 10.4. The molecule has 1 rings (SSSR count). The highest BCUT2D eigenvalue weighted by atomic mass is 32.2. The molecule has 0 spiro atoms. The number of hydrogen-bond acceptors (Lipinski definition) is 6. The molecular weight excluding hydrogens is 294 g/mol. The van der Waals surface area contributed by atoms with Gasteiger partial charge in [-0.3, -0.25) is 4.79 Å². The monoisotopic (exact) mass is 313 g/mol. The maximum absolute atomic E-state index is 11.8. The second-order valence-corrected chi connectivity index (χ2v) is 8.56. The molecule has 8 nitrogen and oxygen atoms in total. The van der Waals surface area contributed by atoms with Crippen molar-refractivity contribution in [2.24, 2.45) is 0 Å². The molecule has 10 heteroatoms. The summed E-state index contributed by atoms with van der Waals surface area (Å²) in [7, 11) is -6.77. The van der Waals surface area contributed by atoms with Crippen LogP contribution in [0.15, 0.2) is 0 Å². The summed E-state index contributed by atoms with van der Waals surface area (Å²) in [5.74, 6) is -0.354. The van der Waals surface area contributed by atoms with Crippen molar-refractivity contribution in [3.05, 3.63) is 0 Å². The third-order valence-corrected chi connectivity index (χ3v) is 6.63. The molecule has 3 N–H and O–H groups in total. The van der Waals surface area contributed by atoms with Crippen molar-refractivity contribution >= 4 is 26.3 Å². The Kier molecular flexibility index (Phi) is 6.17. The molecule has 112 valence electrons. The van der Waals surface area contributed by atoms with Crippen LogP contribution in [0.25, 0.3) is 0 Å². The highest BCUT2D eigenvalue weighted by Gasteiger charge is 2.36. The Morgan fingerprint density at radius 2 is 1.84 bits per heavy atom. The van der Waals surface area contributed by atoms with Gasteiger partial charge in [-0.05, 0) is 6.42 Å². The van der Waals surface area contributed by atoms with E-state index in [9.17, 15) is 21.6 Å². The predicted molar refractivity (Wildman–Crippen MR) is 70.9 cm³/mol. The second kappa shape index (κ2) is 7.17. The molecule has 1 amide bonds. The number of rotatable bonds is 9. The van der Waals surface area contributed by atoms with Gasteiger partial charge in [0.05, 0.1) is 16.8 Å². The standard InChI is InChI=1S/C9H19N3O5S2/c13-8-11-3-2-10-4-5-12-19(16,17)9-1-6-18(14,15)7-9/h8-10,12H,1-7H2,(H,11,13). The number of sulfone groups is 1. The van der Waals surface area contributed by atoms with Gasteiger partial charge in [0.1, 0.15) is 0 Å². The fraction of sp³-hybridized carbons (Fsp3) is 0.889. The number of carbonyl (C=O) groups is 1. The Bertz CT molecular complexity index is 488. The molecule has 19 heavy (non-hydrogen) atoms. The van der Waals surface area contributed by atoms with Gasteiger partial charge in [-0.1, -0.05) is 0 Å². The zero-order chi connectivity index (χ0) is 14.4. The Balaban J connectivity index is 2.23. The van der Waals surface area contributed by atoms with Crippen LogP contribution in [-0.4, -0.2) is 66.2 Å². The molecule has 0 aromatic rings. The predicted octanol–water partition coefficient (Wildman–Crippen LogP) is -2.57. The smallest absolute Gasteiger partial charge is 0.215 e. The average molecular weight is 313 g/mol. The first-order valence-electron chi connectivity index (χ1n) is 5.94. The minimum atomic E-state index is -3.57. The van der Waals surface area contributed by atoms with Crippen molar-refractivity contribution < 1.29 is 21.6 Å². The van der Waals surface area contributed by atoms with E-state index < -0.39 is 25.1 Å². The lowest BCUT2D eigenvalue weighted by molar-refractivity contribution is -0.109. The normalized spacial score (nSPS) is 22.2. The van der Waals surface area contributed by atoms with E-state index in [1.165, 1.54) is 0 Å². The Labute approximate surface area is 113 Å². The maximum Gasteiger partial charge on any atom is 0.215 e. The molecule has 1 aliphatic heterocycles. The van der Waals surface area contributed by atoms with Crippen LogP contribution in [0.2, 0.25) is 0 Å². The molecule has 0 aromatic heterocycles. The van der Waals surface area contributed by atoms with Gasteiger partial charge >= 0.3 is 0 Å². The van der Waals surface area contributed by atoms with Crippen molar-refractivity contribution in [1.29, 1.82) is 0 Å². The molecule has 1 fully saturated rings. The van der Waals surface area contributed by atoms with Gasteiger partial charge in [0.15, 0.2) is 9.84 Å². The third kappa shape index (κ3) is 5.85. The number of sulfonamides is 1. The van der Waals surface area contributed by atoms with Crippen molar-refractivity contribution in [1.82, 2.24) is 15.4 Å². The fourth-order valence-electron chi connectivity index (χ4n) is 1.75. The van der Waals surface area contributed by atoms with E-state index in [0.717, 1.165) is 0 Å². The number of amides is 1. The van der Waals surface area contributed by atoms with Crippen LogP contribution < -0.4 is 15.4 Å². The van der Waals surface area contributed by atoms with Crippen LogP contribution in [0, 0.1) is 0 Å². The summed E-state index contributed by atoms with van der Waals surface area (Å²) >= 11 is 0. The van der Waals surface area contributed by atoms with Crippen LogP contribution >= 0.6 is 0 Å². The zero-order valence-electron chi connectivity index (χ0n) is 10.5. The summed E-state index contributed by atoms with van der Waals surface area (Å²) in [5.41, 5.74) is 0. The van der Waals surface area contributed by atoms with Crippen molar-refractivity contribution in [3.8, 4) is 0 Å². The minimum absolute atomic E-state index is 0.0613.